The maximum atomic E-state index is 11.1. The van der Waals surface area contributed by atoms with Crippen molar-refractivity contribution < 1.29 is 9.90 Å². The van der Waals surface area contributed by atoms with Crippen LogP contribution in [0.4, 0.5) is 5.82 Å². The summed E-state index contributed by atoms with van der Waals surface area (Å²) in [7, 11) is 0. The van der Waals surface area contributed by atoms with E-state index in [1.165, 1.54) is 6.20 Å². The topological polar surface area (TPSA) is 86.0 Å². The van der Waals surface area contributed by atoms with Crippen molar-refractivity contribution in [1.82, 2.24) is 4.98 Å². The number of hydrogen-bond donors (Lipinski definition) is 2. The van der Waals surface area contributed by atoms with Crippen molar-refractivity contribution in [1.29, 1.82) is 5.26 Å². The molecule has 6 heteroatoms. The molecule has 0 spiro atoms. The number of anilines is 1. The van der Waals surface area contributed by atoms with Gasteiger partial charge in [0, 0.05) is 6.20 Å². The number of halogens is 1. The highest BCUT2D eigenvalue weighted by Gasteiger charge is 2.23. The molecule has 0 fully saturated rings. The summed E-state index contributed by atoms with van der Waals surface area (Å²) < 4.78 is 0. The zero-order valence-corrected chi connectivity index (χ0v) is 11.1. The summed E-state index contributed by atoms with van der Waals surface area (Å²) in [5.41, 5.74) is 0.860. The van der Waals surface area contributed by atoms with Gasteiger partial charge in [-0.25, -0.2) is 9.78 Å². The van der Waals surface area contributed by atoms with E-state index < -0.39 is 12.0 Å². The van der Waals surface area contributed by atoms with Crippen LogP contribution in [0.15, 0.2) is 6.20 Å². The van der Waals surface area contributed by atoms with Gasteiger partial charge in [0.15, 0.2) is 0 Å². The molecular formula is C12H14ClN3O2. The van der Waals surface area contributed by atoms with Gasteiger partial charge in [-0.3, -0.25) is 0 Å². The first-order valence-electron chi connectivity index (χ1n) is 5.43. The van der Waals surface area contributed by atoms with Crippen molar-refractivity contribution in [2.45, 2.75) is 26.8 Å². The minimum atomic E-state index is -0.983. The van der Waals surface area contributed by atoms with Crippen molar-refractivity contribution in [3.8, 4) is 6.07 Å². The third-order valence-electron chi connectivity index (χ3n) is 2.61. The van der Waals surface area contributed by atoms with Gasteiger partial charge in [0.1, 0.15) is 17.9 Å². The third-order valence-corrected chi connectivity index (χ3v) is 2.99. The zero-order chi connectivity index (χ0) is 13.9. The van der Waals surface area contributed by atoms with E-state index >= 15 is 0 Å². The normalized spacial score (nSPS) is 12.0. The molecule has 0 bridgehead atoms. The Morgan fingerprint density at radius 3 is 2.67 bits per heavy atom. The summed E-state index contributed by atoms with van der Waals surface area (Å²) >= 11 is 5.87. The van der Waals surface area contributed by atoms with E-state index in [2.05, 4.69) is 10.3 Å². The number of carbonyl (C=O) groups is 1. The number of carboxylic acid groups (broad SMARTS) is 1. The van der Waals surface area contributed by atoms with Crippen LogP contribution >= 0.6 is 11.6 Å². The van der Waals surface area contributed by atoms with E-state index in [0.717, 1.165) is 0 Å². The predicted molar refractivity (Wildman–Crippen MR) is 68.6 cm³/mol. The largest absolute Gasteiger partial charge is 0.480 e. The Kier molecular flexibility index (Phi) is 4.51. The Morgan fingerprint density at radius 1 is 1.61 bits per heavy atom. The molecule has 0 saturated carbocycles. The highest BCUT2D eigenvalue weighted by molar-refractivity contribution is 6.31. The maximum Gasteiger partial charge on any atom is 0.326 e. The number of aliphatic carboxylic acids is 1. The Balaban J connectivity index is 3.16. The number of pyridine rings is 1. The second-order valence-electron chi connectivity index (χ2n) is 4.27. The second kappa shape index (κ2) is 5.69. The third kappa shape index (κ3) is 2.90. The lowest BCUT2D eigenvalue weighted by Crippen LogP contribution is -2.35. The van der Waals surface area contributed by atoms with Crippen LogP contribution < -0.4 is 5.32 Å². The molecule has 1 heterocycles. The molecule has 2 N–H and O–H groups in total. The van der Waals surface area contributed by atoms with Gasteiger partial charge in [0.25, 0.3) is 0 Å². The Bertz CT molecular complexity index is 509. The van der Waals surface area contributed by atoms with Crippen LogP contribution in [-0.4, -0.2) is 22.1 Å². The first kappa shape index (κ1) is 14.3. The van der Waals surface area contributed by atoms with Crippen LogP contribution in [0.2, 0.25) is 5.02 Å². The maximum absolute atomic E-state index is 11.1. The van der Waals surface area contributed by atoms with Crippen molar-refractivity contribution in [3.63, 3.8) is 0 Å². The summed E-state index contributed by atoms with van der Waals surface area (Å²) in [5.74, 6) is -0.865. The van der Waals surface area contributed by atoms with Gasteiger partial charge in [-0.1, -0.05) is 25.4 Å². The quantitative estimate of drug-likeness (QED) is 0.875. The first-order chi connectivity index (χ1) is 8.38. The monoisotopic (exact) mass is 267 g/mol. The molecule has 0 aliphatic rings. The van der Waals surface area contributed by atoms with Crippen LogP contribution in [0.1, 0.15) is 25.0 Å². The molecule has 0 aliphatic heterocycles. The molecule has 5 nitrogen and oxygen atoms in total. The summed E-state index contributed by atoms with van der Waals surface area (Å²) in [6.07, 6.45) is 1.40. The van der Waals surface area contributed by atoms with Crippen LogP contribution in [-0.2, 0) is 4.79 Å². The highest BCUT2D eigenvalue weighted by atomic mass is 35.5. The Labute approximate surface area is 110 Å². The molecule has 96 valence electrons. The molecule has 1 atom stereocenters. The van der Waals surface area contributed by atoms with Crippen LogP contribution in [0.3, 0.4) is 0 Å². The molecule has 0 radical (unpaired) electrons. The fourth-order valence-electron chi connectivity index (χ4n) is 1.49. The number of nitriles is 1. The lowest BCUT2D eigenvalue weighted by atomic mass is 10.0. The molecule has 1 aromatic rings. The van der Waals surface area contributed by atoms with Gasteiger partial charge in [0.05, 0.1) is 10.6 Å². The SMILES string of the molecule is Cc1c(Cl)cnc(N[C@@H](C(=O)O)C(C)C)c1C#N. The number of aromatic nitrogens is 1. The summed E-state index contributed by atoms with van der Waals surface area (Å²) in [5, 5.41) is 21.3. The summed E-state index contributed by atoms with van der Waals surface area (Å²) in [4.78, 5) is 15.1. The van der Waals surface area contributed by atoms with Crippen LogP contribution in [0.25, 0.3) is 0 Å². The van der Waals surface area contributed by atoms with Gasteiger partial charge < -0.3 is 10.4 Å². The smallest absolute Gasteiger partial charge is 0.326 e. The predicted octanol–water partition coefficient (Wildman–Crippen LogP) is 2.44. The number of carboxylic acids is 1. The molecule has 0 saturated heterocycles. The standard InChI is InChI=1S/C12H14ClN3O2/c1-6(2)10(12(17)18)16-11-8(4-14)7(3)9(13)5-15-11/h5-6,10H,1-3H3,(H,15,16)(H,17,18)/t10-/m1/s1. The van der Waals surface area contributed by atoms with E-state index in [9.17, 15) is 4.79 Å². The molecule has 0 aromatic carbocycles. The van der Waals surface area contributed by atoms with E-state index in [4.69, 9.17) is 22.0 Å². The van der Waals surface area contributed by atoms with Crippen molar-refractivity contribution in [2.75, 3.05) is 5.32 Å². The minimum Gasteiger partial charge on any atom is -0.480 e. The molecule has 0 amide bonds. The average Bonchev–Trinajstić information content (AvgIpc) is 2.29. The molecule has 1 aromatic heterocycles. The summed E-state index contributed by atoms with van der Waals surface area (Å²) in [6, 6.07) is 1.18. The molecule has 0 aliphatic carbocycles. The van der Waals surface area contributed by atoms with Crippen LogP contribution in [0, 0.1) is 24.2 Å². The zero-order valence-electron chi connectivity index (χ0n) is 10.4. The lowest BCUT2D eigenvalue weighted by Gasteiger charge is -2.19. The van der Waals surface area contributed by atoms with Crippen LogP contribution in [0.5, 0.6) is 0 Å². The Morgan fingerprint density at radius 2 is 2.22 bits per heavy atom. The van der Waals surface area contributed by atoms with Crippen molar-refractivity contribution in [3.05, 3.63) is 22.3 Å². The van der Waals surface area contributed by atoms with E-state index in [-0.39, 0.29) is 17.3 Å². The van der Waals surface area contributed by atoms with E-state index in [1.54, 1.807) is 20.8 Å². The highest BCUT2D eigenvalue weighted by Crippen LogP contribution is 2.24. The molecular weight excluding hydrogens is 254 g/mol. The van der Waals surface area contributed by atoms with E-state index in [1.807, 2.05) is 6.07 Å². The molecule has 0 unspecified atom stereocenters. The van der Waals surface area contributed by atoms with Gasteiger partial charge in [-0.05, 0) is 18.4 Å². The van der Waals surface area contributed by atoms with Crippen molar-refractivity contribution in [2.24, 2.45) is 5.92 Å². The second-order valence-corrected chi connectivity index (χ2v) is 4.68. The number of hydrogen-bond acceptors (Lipinski definition) is 4. The molecule has 1 rings (SSSR count). The lowest BCUT2D eigenvalue weighted by molar-refractivity contribution is -0.138. The number of nitrogens with zero attached hydrogens (tertiary/aromatic N) is 2. The molecule has 18 heavy (non-hydrogen) atoms. The van der Waals surface area contributed by atoms with Crippen molar-refractivity contribution >= 4 is 23.4 Å². The minimum absolute atomic E-state index is 0.133. The van der Waals surface area contributed by atoms with Gasteiger partial charge in [-0.15, -0.1) is 0 Å². The average molecular weight is 268 g/mol. The van der Waals surface area contributed by atoms with E-state index in [0.29, 0.717) is 10.6 Å². The van der Waals surface area contributed by atoms with Gasteiger partial charge >= 0.3 is 5.97 Å². The number of rotatable bonds is 4. The van der Waals surface area contributed by atoms with Gasteiger partial charge in [-0.2, -0.15) is 5.26 Å². The number of nitrogens with one attached hydrogen (secondary N) is 1. The fourth-order valence-corrected chi connectivity index (χ4v) is 1.63. The Hall–Kier alpha value is -1.80. The summed E-state index contributed by atoms with van der Waals surface area (Å²) in [6.45, 7) is 5.25. The first-order valence-corrected chi connectivity index (χ1v) is 5.80. The fraction of sp³-hybridized carbons (Fsp3) is 0.417. The van der Waals surface area contributed by atoms with Gasteiger partial charge in [0.2, 0.25) is 0 Å².